The lowest BCUT2D eigenvalue weighted by Crippen LogP contribution is -2.36. The van der Waals surface area contributed by atoms with Gasteiger partial charge in [-0.15, -0.1) is 0 Å². The maximum atomic E-state index is 3.20. The van der Waals surface area contributed by atoms with Crippen LogP contribution in [0.2, 0.25) is 0 Å². The molecule has 0 amide bonds. The van der Waals surface area contributed by atoms with E-state index in [-0.39, 0.29) is 0 Å². The molecule has 1 N–H and O–H groups in total. The van der Waals surface area contributed by atoms with Crippen LogP contribution in [-0.2, 0) is 13.1 Å². The first kappa shape index (κ1) is 14.1. The quantitative estimate of drug-likeness (QED) is 0.906. The summed E-state index contributed by atoms with van der Waals surface area (Å²) in [6.45, 7) is 4.56. The molecule has 2 fully saturated rings. The molecule has 20 heavy (non-hydrogen) atoms. The molecule has 110 valence electrons. The van der Waals surface area contributed by atoms with E-state index in [0.717, 1.165) is 25.2 Å². The van der Waals surface area contributed by atoms with Crippen molar-refractivity contribution in [3.8, 4) is 0 Å². The summed E-state index contributed by atoms with van der Waals surface area (Å²) in [6, 6.07) is 10.7. The van der Waals surface area contributed by atoms with Crippen molar-refractivity contribution < 1.29 is 0 Å². The topological polar surface area (TPSA) is 18.5 Å². The highest BCUT2D eigenvalue weighted by Crippen LogP contribution is 2.28. The van der Waals surface area contributed by atoms with E-state index >= 15 is 0 Å². The first-order valence-corrected chi connectivity index (χ1v) is 7.93. The molecule has 2 aliphatic heterocycles. The van der Waals surface area contributed by atoms with Crippen LogP contribution in [0, 0.1) is 0 Å². The summed E-state index contributed by atoms with van der Waals surface area (Å²) >= 11 is 0. The largest absolute Gasteiger partial charge is 0.316 e. The first-order valence-electron chi connectivity index (χ1n) is 7.93. The molecule has 1 aromatic carbocycles. The van der Waals surface area contributed by atoms with E-state index in [1.54, 1.807) is 0 Å². The van der Waals surface area contributed by atoms with Crippen LogP contribution in [-0.4, -0.2) is 49.1 Å². The van der Waals surface area contributed by atoms with Crippen LogP contribution in [0.15, 0.2) is 24.3 Å². The molecule has 3 rings (SSSR count). The van der Waals surface area contributed by atoms with E-state index in [4.69, 9.17) is 0 Å². The monoisotopic (exact) mass is 273 g/mol. The van der Waals surface area contributed by atoms with Crippen LogP contribution in [0.4, 0.5) is 0 Å². The minimum Gasteiger partial charge on any atom is -0.316 e. The lowest BCUT2D eigenvalue weighted by Gasteiger charge is -2.25. The Morgan fingerprint density at radius 2 is 1.75 bits per heavy atom. The molecule has 3 nitrogen and oxygen atoms in total. The zero-order valence-electron chi connectivity index (χ0n) is 12.8. The SMILES string of the molecule is CNCc1ccc(CN2CCC3CCC(C2)N3C)cc1. The number of nitrogens with zero attached hydrogens (tertiary/aromatic N) is 2. The van der Waals surface area contributed by atoms with Gasteiger partial charge in [0.1, 0.15) is 0 Å². The van der Waals surface area contributed by atoms with Gasteiger partial charge in [0.2, 0.25) is 0 Å². The number of hydrogen-bond acceptors (Lipinski definition) is 3. The van der Waals surface area contributed by atoms with Gasteiger partial charge in [-0.05, 0) is 44.5 Å². The summed E-state index contributed by atoms with van der Waals surface area (Å²) in [4.78, 5) is 5.27. The number of likely N-dealkylation sites (tertiary alicyclic amines) is 1. The molecule has 2 aliphatic rings. The van der Waals surface area contributed by atoms with Crippen LogP contribution in [0.3, 0.4) is 0 Å². The molecule has 3 heteroatoms. The van der Waals surface area contributed by atoms with Crippen LogP contribution < -0.4 is 5.32 Å². The summed E-state index contributed by atoms with van der Waals surface area (Å²) in [5, 5.41) is 3.20. The number of nitrogens with one attached hydrogen (secondary N) is 1. The molecule has 0 saturated carbocycles. The number of likely N-dealkylation sites (N-methyl/N-ethyl adjacent to an activating group) is 1. The van der Waals surface area contributed by atoms with E-state index < -0.39 is 0 Å². The Morgan fingerprint density at radius 3 is 2.50 bits per heavy atom. The normalized spacial score (nSPS) is 27.7. The van der Waals surface area contributed by atoms with Gasteiger partial charge in [0, 0.05) is 38.3 Å². The van der Waals surface area contributed by atoms with Gasteiger partial charge in [0.05, 0.1) is 0 Å². The Kier molecular flexibility index (Phi) is 4.39. The molecule has 0 aliphatic carbocycles. The standard InChI is InChI=1S/C17H27N3/c1-18-11-14-3-5-15(6-4-14)12-20-10-9-16-7-8-17(13-20)19(16)2/h3-6,16-18H,7-13H2,1-2H3. The molecule has 1 aromatic rings. The molecule has 2 bridgehead atoms. The Morgan fingerprint density at radius 1 is 1.05 bits per heavy atom. The van der Waals surface area contributed by atoms with Crippen molar-refractivity contribution in [1.29, 1.82) is 0 Å². The smallest absolute Gasteiger partial charge is 0.0234 e. The van der Waals surface area contributed by atoms with Gasteiger partial charge < -0.3 is 5.32 Å². The molecule has 2 atom stereocenters. The van der Waals surface area contributed by atoms with Gasteiger partial charge in [-0.2, -0.15) is 0 Å². The van der Waals surface area contributed by atoms with E-state index in [1.807, 2.05) is 7.05 Å². The highest BCUT2D eigenvalue weighted by molar-refractivity contribution is 5.22. The number of rotatable bonds is 4. The zero-order chi connectivity index (χ0) is 13.9. The predicted molar refractivity (Wildman–Crippen MR) is 83.7 cm³/mol. The van der Waals surface area contributed by atoms with Crippen LogP contribution in [0.1, 0.15) is 30.4 Å². The second kappa shape index (κ2) is 6.25. The highest BCUT2D eigenvalue weighted by Gasteiger charge is 2.34. The summed E-state index contributed by atoms with van der Waals surface area (Å²) in [6.07, 6.45) is 4.14. The molecule has 2 unspecified atom stereocenters. The Labute approximate surface area is 123 Å². The lowest BCUT2D eigenvalue weighted by molar-refractivity contribution is 0.214. The van der Waals surface area contributed by atoms with Gasteiger partial charge in [-0.25, -0.2) is 0 Å². The van der Waals surface area contributed by atoms with Crippen molar-refractivity contribution >= 4 is 0 Å². The van der Waals surface area contributed by atoms with Gasteiger partial charge in [0.15, 0.2) is 0 Å². The number of hydrogen-bond donors (Lipinski definition) is 1. The average Bonchev–Trinajstić information content (AvgIpc) is 2.69. The number of fused-ring (bicyclic) bond motifs is 2. The van der Waals surface area contributed by atoms with E-state index in [9.17, 15) is 0 Å². The third-order valence-corrected chi connectivity index (χ3v) is 5.04. The van der Waals surface area contributed by atoms with Crippen molar-refractivity contribution in [2.45, 2.75) is 44.4 Å². The van der Waals surface area contributed by atoms with Crippen LogP contribution >= 0.6 is 0 Å². The fourth-order valence-corrected chi connectivity index (χ4v) is 3.75. The summed E-state index contributed by atoms with van der Waals surface area (Å²) in [5.74, 6) is 0. The fraction of sp³-hybridized carbons (Fsp3) is 0.647. The summed E-state index contributed by atoms with van der Waals surface area (Å²) in [5.41, 5.74) is 2.82. The third kappa shape index (κ3) is 3.05. The molecular weight excluding hydrogens is 246 g/mol. The van der Waals surface area contributed by atoms with Crippen molar-refractivity contribution in [2.24, 2.45) is 0 Å². The van der Waals surface area contributed by atoms with Gasteiger partial charge in [0.25, 0.3) is 0 Å². The maximum absolute atomic E-state index is 3.20. The molecule has 0 aromatic heterocycles. The molecule has 2 heterocycles. The van der Waals surface area contributed by atoms with Crippen molar-refractivity contribution in [2.75, 3.05) is 27.2 Å². The molecule has 2 saturated heterocycles. The Bertz CT molecular complexity index is 428. The van der Waals surface area contributed by atoms with Crippen LogP contribution in [0.5, 0.6) is 0 Å². The van der Waals surface area contributed by atoms with Gasteiger partial charge >= 0.3 is 0 Å². The molecule has 0 spiro atoms. The Balaban J connectivity index is 1.60. The molecule has 0 radical (unpaired) electrons. The van der Waals surface area contributed by atoms with Gasteiger partial charge in [-0.3, -0.25) is 9.80 Å². The Hall–Kier alpha value is -0.900. The molecular formula is C17H27N3. The predicted octanol–water partition coefficient (Wildman–Crippen LogP) is 2.07. The van der Waals surface area contributed by atoms with Crippen molar-refractivity contribution in [3.63, 3.8) is 0 Å². The maximum Gasteiger partial charge on any atom is 0.0234 e. The van der Waals surface area contributed by atoms with E-state index in [2.05, 4.69) is 46.4 Å². The summed E-state index contributed by atoms with van der Waals surface area (Å²) < 4.78 is 0. The third-order valence-electron chi connectivity index (χ3n) is 5.04. The second-order valence-electron chi connectivity index (χ2n) is 6.42. The van der Waals surface area contributed by atoms with E-state index in [1.165, 1.54) is 43.5 Å². The minimum absolute atomic E-state index is 0.783. The summed E-state index contributed by atoms with van der Waals surface area (Å²) in [7, 11) is 4.31. The minimum atomic E-state index is 0.783. The lowest BCUT2D eigenvalue weighted by atomic mass is 10.1. The van der Waals surface area contributed by atoms with Gasteiger partial charge in [-0.1, -0.05) is 24.3 Å². The zero-order valence-corrected chi connectivity index (χ0v) is 12.8. The van der Waals surface area contributed by atoms with Crippen LogP contribution in [0.25, 0.3) is 0 Å². The second-order valence-corrected chi connectivity index (χ2v) is 6.42. The average molecular weight is 273 g/mol. The first-order chi connectivity index (χ1) is 9.76. The number of benzene rings is 1. The van der Waals surface area contributed by atoms with Crippen molar-refractivity contribution in [1.82, 2.24) is 15.1 Å². The van der Waals surface area contributed by atoms with E-state index in [0.29, 0.717) is 0 Å². The fourth-order valence-electron chi connectivity index (χ4n) is 3.75. The highest BCUT2D eigenvalue weighted by atomic mass is 15.3. The van der Waals surface area contributed by atoms with Crippen molar-refractivity contribution in [3.05, 3.63) is 35.4 Å².